The second-order valence-electron chi connectivity index (χ2n) is 3.95. The van der Waals surface area contributed by atoms with E-state index in [-0.39, 0.29) is 5.82 Å². The zero-order valence-corrected chi connectivity index (χ0v) is 11.5. The number of aromatic nitrogens is 3. The Morgan fingerprint density at radius 1 is 1.26 bits per heavy atom. The second-order valence-corrected chi connectivity index (χ2v) is 5.12. The van der Waals surface area contributed by atoms with Gasteiger partial charge in [0.15, 0.2) is 5.16 Å². The Hall–Kier alpha value is -1.59. The number of nitrogens with one attached hydrogen (secondary N) is 1. The van der Waals surface area contributed by atoms with Gasteiger partial charge in [-0.15, -0.1) is 0 Å². The van der Waals surface area contributed by atoms with E-state index in [1.165, 1.54) is 23.9 Å². The van der Waals surface area contributed by atoms with Gasteiger partial charge in [0, 0.05) is 28.7 Å². The summed E-state index contributed by atoms with van der Waals surface area (Å²) in [5.74, 6) is -0.314. The van der Waals surface area contributed by atoms with Crippen molar-refractivity contribution < 1.29 is 4.39 Å². The number of aromatic amines is 1. The standard InChI is InChI=1S/C13H9ClFN3S/c1-19-13-17-11(6-12(14)18-13)9-4-7(15)5-10-8(9)2-3-16-10/h2-6,16H,1H3. The molecule has 0 aliphatic heterocycles. The van der Waals surface area contributed by atoms with Gasteiger partial charge in [-0.25, -0.2) is 14.4 Å². The number of H-pyrrole nitrogens is 1. The zero-order valence-electron chi connectivity index (χ0n) is 9.95. The van der Waals surface area contributed by atoms with Gasteiger partial charge in [-0.3, -0.25) is 0 Å². The molecule has 96 valence electrons. The highest BCUT2D eigenvalue weighted by molar-refractivity contribution is 7.98. The molecule has 0 aliphatic carbocycles. The van der Waals surface area contributed by atoms with Crippen LogP contribution in [0.3, 0.4) is 0 Å². The van der Waals surface area contributed by atoms with Crippen molar-refractivity contribution >= 4 is 34.3 Å². The predicted molar refractivity (Wildman–Crippen MR) is 76.1 cm³/mol. The molecule has 1 N–H and O–H groups in total. The topological polar surface area (TPSA) is 41.6 Å². The van der Waals surface area contributed by atoms with E-state index in [2.05, 4.69) is 15.0 Å². The minimum absolute atomic E-state index is 0.314. The minimum Gasteiger partial charge on any atom is -0.361 e. The molecular weight excluding hydrogens is 285 g/mol. The first-order valence-electron chi connectivity index (χ1n) is 5.53. The van der Waals surface area contributed by atoms with Gasteiger partial charge in [0.05, 0.1) is 5.69 Å². The van der Waals surface area contributed by atoms with Gasteiger partial charge in [0.2, 0.25) is 0 Å². The van der Waals surface area contributed by atoms with Crippen molar-refractivity contribution in [1.82, 2.24) is 15.0 Å². The molecule has 6 heteroatoms. The lowest BCUT2D eigenvalue weighted by Crippen LogP contribution is -1.92. The van der Waals surface area contributed by atoms with Crippen molar-refractivity contribution in [2.45, 2.75) is 5.16 Å². The van der Waals surface area contributed by atoms with Crippen molar-refractivity contribution in [3.63, 3.8) is 0 Å². The number of thioether (sulfide) groups is 1. The fourth-order valence-corrected chi connectivity index (χ4v) is 2.58. The van der Waals surface area contributed by atoms with E-state index in [4.69, 9.17) is 11.6 Å². The molecule has 19 heavy (non-hydrogen) atoms. The van der Waals surface area contributed by atoms with Crippen LogP contribution in [0.4, 0.5) is 4.39 Å². The normalized spacial score (nSPS) is 11.1. The average Bonchev–Trinajstić information content (AvgIpc) is 2.84. The predicted octanol–water partition coefficient (Wildman–Crippen LogP) is 4.14. The van der Waals surface area contributed by atoms with Gasteiger partial charge in [0.1, 0.15) is 11.0 Å². The highest BCUT2D eigenvalue weighted by atomic mass is 35.5. The molecule has 0 atom stereocenters. The third kappa shape index (κ3) is 2.31. The van der Waals surface area contributed by atoms with E-state index in [0.717, 1.165) is 10.9 Å². The molecule has 0 amide bonds. The lowest BCUT2D eigenvalue weighted by molar-refractivity contribution is 0.630. The summed E-state index contributed by atoms with van der Waals surface area (Å²) >= 11 is 7.37. The quantitative estimate of drug-likeness (QED) is 0.439. The molecule has 1 aromatic carbocycles. The van der Waals surface area contributed by atoms with Crippen LogP contribution in [0.25, 0.3) is 22.2 Å². The summed E-state index contributed by atoms with van der Waals surface area (Å²) in [6, 6.07) is 6.44. The van der Waals surface area contributed by atoms with Crippen LogP contribution < -0.4 is 0 Å². The number of halogens is 2. The first-order chi connectivity index (χ1) is 9.17. The summed E-state index contributed by atoms with van der Waals surface area (Å²) in [5.41, 5.74) is 2.06. The van der Waals surface area contributed by atoms with Crippen LogP contribution in [0.1, 0.15) is 0 Å². The third-order valence-electron chi connectivity index (χ3n) is 2.77. The van der Waals surface area contributed by atoms with Crippen molar-refractivity contribution in [1.29, 1.82) is 0 Å². The largest absolute Gasteiger partial charge is 0.361 e. The molecule has 0 radical (unpaired) electrons. The van der Waals surface area contributed by atoms with Gasteiger partial charge >= 0.3 is 0 Å². The van der Waals surface area contributed by atoms with E-state index >= 15 is 0 Å². The Kier molecular flexibility index (Phi) is 3.16. The first-order valence-corrected chi connectivity index (χ1v) is 7.13. The van der Waals surface area contributed by atoms with E-state index in [1.54, 1.807) is 12.3 Å². The minimum atomic E-state index is -0.314. The van der Waals surface area contributed by atoms with E-state index < -0.39 is 0 Å². The Balaban J connectivity index is 2.29. The smallest absolute Gasteiger partial charge is 0.189 e. The monoisotopic (exact) mass is 293 g/mol. The highest BCUT2D eigenvalue weighted by Gasteiger charge is 2.11. The van der Waals surface area contributed by atoms with E-state index in [9.17, 15) is 4.39 Å². The number of fused-ring (bicyclic) bond motifs is 1. The molecule has 0 fully saturated rings. The van der Waals surface area contributed by atoms with Crippen molar-refractivity contribution in [3.8, 4) is 11.3 Å². The van der Waals surface area contributed by atoms with Gasteiger partial charge in [-0.05, 0) is 24.5 Å². The number of nitrogens with zero attached hydrogens (tertiary/aromatic N) is 2. The Bertz CT molecular complexity index is 757. The molecule has 2 heterocycles. The fraction of sp³-hybridized carbons (Fsp3) is 0.0769. The summed E-state index contributed by atoms with van der Waals surface area (Å²) in [4.78, 5) is 11.5. The molecule has 3 aromatic rings. The molecule has 0 bridgehead atoms. The van der Waals surface area contributed by atoms with Crippen LogP contribution in [-0.4, -0.2) is 21.2 Å². The fourth-order valence-electron chi connectivity index (χ4n) is 1.97. The van der Waals surface area contributed by atoms with Crippen LogP contribution in [-0.2, 0) is 0 Å². The molecule has 0 aliphatic rings. The van der Waals surface area contributed by atoms with Crippen molar-refractivity contribution in [3.05, 3.63) is 41.4 Å². The molecule has 2 aromatic heterocycles. The molecule has 0 spiro atoms. The Labute approximate surface area is 118 Å². The van der Waals surface area contributed by atoms with Gasteiger partial charge in [-0.2, -0.15) is 0 Å². The summed E-state index contributed by atoms with van der Waals surface area (Å²) in [7, 11) is 0. The first kappa shape index (κ1) is 12.4. The van der Waals surface area contributed by atoms with Crippen LogP contribution in [0, 0.1) is 5.82 Å². The number of hydrogen-bond acceptors (Lipinski definition) is 3. The third-order valence-corrected chi connectivity index (χ3v) is 3.51. The molecule has 3 rings (SSSR count). The average molecular weight is 294 g/mol. The van der Waals surface area contributed by atoms with Gasteiger partial charge < -0.3 is 4.98 Å². The SMILES string of the molecule is CSc1nc(Cl)cc(-c2cc(F)cc3[nH]ccc23)n1. The van der Waals surface area contributed by atoms with Crippen molar-refractivity contribution in [2.24, 2.45) is 0 Å². The maximum atomic E-state index is 13.6. The summed E-state index contributed by atoms with van der Waals surface area (Å²) in [6.45, 7) is 0. The summed E-state index contributed by atoms with van der Waals surface area (Å²) in [6.07, 6.45) is 3.64. The summed E-state index contributed by atoms with van der Waals surface area (Å²) < 4.78 is 13.6. The molecule has 0 unspecified atom stereocenters. The van der Waals surface area contributed by atoms with Crippen LogP contribution in [0.15, 0.2) is 35.6 Å². The maximum absolute atomic E-state index is 13.6. The van der Waals surface area contributed by atoms with E-state index in [1.807, 2.05) is 12.3 Å². The second kappa shape index (κ2) is 4.83. The number of benzene rings is 1. The summed E-state index contributed by atoms with van der Waals surface area (Å²) in [5, 5.41) is 1.82. The molecule has 3 nitrogen and oxygen atoms in total. The molecular formula is C13H9ClFN3S. The maximum Gasteiger partial charge on any atom is 0.189 e. The number of rotatable bonds is 2. The Morgan fingerprint density at radius 2 is 2.11 bits per heavy atom. The van der Waals surface area contributed by atoms with Crippen molar-refractivity contribution in [2.75, 3.05) is 6.26 Å². The van der Waals surface area contributed by atoms with Crippen LogP contribution >= 0.6 is 23.4 Å². The highest BCUT2D eigenvalue weighted by Crippen LogP contribution is 2.30. The lowest BCUT2D eigenvalue weighted by Gasteiger charge is -2.06. The molecule has 0 saturated carbocycles. The number of hydrogen-bond donors (Lipinski definition) is 1. The van der Waals surface area contributed by atoms with Crippen LogP contribution in [0.2, 0.25) is 5.15 Å². The molecule has 0 saturated heterocycles. The Morgan fingerprint density at radius 3 is 2.89 bits per heavy atom. The van der Waals surface area contributed by atoms with E-state index in [0.29, 0.717) is 21.6 Å². The van der Waals surface area contributed by atoms with Crippen LogP contribution in [0.5, 0.6) is 0 Å². The lowest BCUT2D eigenvalue weighted by atomic mass is 10.1. The van der Waals surface area contributed by atoms with Gasteiger partial charge in [0.25, 0.3) is 0 Å². The zero-order chi connectivity index (χ0) is 13.4. The van der Waals surface area contributed by atoms with Gasteiger partial charge in [-0.1, -0.05) is 23.4 Å².